The topological polar surface area (TPSA) is 0 Å². The number of rotatable bonds is 11. The summed E-state index contributed by atoms with van der Waals surface area (Å²) >= 11 is 4.81. The van der Waals surface area contributed by atoms with Gasteiger partial charge in [-0.1, -0.05) is 82.8 Å². The largest absolute Gasteiger partial charge is 0.353 e. The van der Waals surface area contributed by atoms with Gasteiger partial charge in [-0.25, -0.2) is 8.78 Å². The summed E-state index contributed by atoms with van der Waals surface area (Å²) in [5.74, 6) is 0.166. The molecular formula is C27H41ClF4Si. The molecule has 1 aliphatic heterocycles. The quantitative estimate of drug-likeness (QED) is 0.122. The molecule has 0 unspecified atom stereocenters. The summed E-state index contributed by atoms with van der Waals surface area (Å²) in [4.78, 5) is 0. The molecule has 0 aromatic heterocycles. The molecular weight excluding hydrogens is 464 g/mol. The fourth-order valence-corrected chi connectivity index (χ4v) is 10.1. The highest BCUT2D eigenvalue weighted by Crippen LogP contribution is 2.42. The standard InChI is InChI=1S/C27H41ClF4Si/c1-2-3-6-15-33-16-13-23(14-17-33)22-11-9-20(10-12-22)7-4-5-8-21-18-24(29)26(25(30)19-21)27(28,31)32/h18-20,22-23,33H,2-17H2,1H3/t20-,22-,23-,33-. The Bertz CT molecular complexity index is 696. The number of alkyl halides is 3. The van der Waals surface area contributed by atoms with Crippen molar-refractivity contribution in [3.8, 4) is 0 Å². The minimum absolute atomic E-state index is 0.417. The first-order chi connectivity index (χ1) is 15.8. The number of aryl methyl sites for hydroxylation is 1. The zero-order chi connectivity index (χ0) is 23.8. The Balaban J connectivity index is 1.32. The molecule has 0 bridgehead atoms. The molecule has 1 aromatic rings. The third-order valence-electron chi connectivity index (χ3n) is 8.38. The summed E-state index contributed by atoms with van der Waals surface area (Å²) in [5.41, 5.74) is -0.927. The number of unbranched alkanes of at least 4 members (excludes halogenated alkanes) is 3. The van der Waals surface area contributed by atoms with Crippen LogP contribution in [0.2, 0.25) is 18.1 Å². The average molecular weight is 505 g/mol. The van der Waals surface area contributed by atoms with Crippen LogP contribution in [-0.4, -0.2) is 8.80 Å². The van der Waals surface area contributed by atoms with E-state index < -0.39 is 31.4 Å². The Morgan fingerprint density at radius 1 is 0.879 bits per heavy atom. The summed E-state index contributed by atoms with van der Waals surface area (Å²) in [6.45, 7) is 2.30. The summed E-state index contributed by atoms with van der Waals surface area (Å²) in [6, 6.07) is 6.75. The molecule has 1 aromatic carbocycles. The van der Waals surface area contributed by atoms with Crippen molar-refractivity contribution in [2.75, 3.05) is 0 Å². The fraction of sp³-hybridized carbons (Fsp3) is 0.778. The van der Waals surface area contributed by atoms with Gasteiger partial charge in [-0.15, -0.1) is 0 Å². The van der Waals surface area contributed by atoms with E-state index in [-0.39, 0.29) is 0 Å². The zero-order valence-corrected chi connectivity index (χ0v) is 22.1. The SMILES string of the molecule is CCCCC[Si@H]1CC[C@H]([C@H]2CC[C@H](CCCCc3cc(F)c(C(F)(F)Cl)c(F)c3)CC2)CC1. The summed E-state index contributed by atoms with van der Waals surface area (Å²) < 4.78 is 54.0. The first-order valence-electron chi connectivity index (χ1n) is 13.3. The Morgan fingerprint density at radius 3 is 2.06 bits per heavy atom. The van der Waals surface area contributed by atoms with Crippen molar-refractivity contribution < 1.29 is 17.6 Å². The summed E-state index contributed by atoms with van der Waals surface area (Å²) in [7, 11) is -0.417. The van der Waals surface area contributed by atoms with E-state index in [1.165, 1.54) is 57.8 Å². The highest BCUT2D eigenvalue weighted by atomic mass is 35.5. The van der Waals surface area contributed by atoms with Crippen molar-refractivity contribution in [2.24, 2.45) is 17.8 Å². The van der Waals surface area contributed by atoms with E-state index in [9.17, 15) is 17.6 Å². The van der Waals surface area contributed by atoms with E-state index >= 15 is 0 Å². The lowest BCUT2D eigenvalue weighted by molar-refractivity contribution is 0.0858. The van der Waals surface area contributed by atoms with Crippen LogP contribution >= 0.6 is 11.6 Å². The number of benzene rings is 1. The molecule has 188 valence electrons. The van der Waals surface area contributed by atoms with Gasteiger partial charge in [-0.05, 0) is 72.7 Å². The van der Waals surface area contributed by atoms with E-state index in [2.05, 4.69) is 6.92 Å². The molecule has 2 fully saturated rings. The van der Waals surface area contributed by atoms with Gasteiger partial charge >= 0.3 is 5.38 Å². The lowest BCUT2D eigenvalue weighted by Gasteiger charge is -2.37. The van der Waals surface area contributed by atoms with Gasteiger partial charge in [-0.3, -0.25) is 0 Å². The minimum Gasteiger partial charge on any atom is -0.206 e. The number of hydrogen-bond donors (Lipinski definition) is 0. The van der Waals surface area contributed by atoms with Gasteiger partial charge < -0.3 is 0 Å². The molecule has 0 nitrogen and oxygen atoms in total. The normalized spacial score (nSPS) is 26.5. The molecule has 0 amide bonds. The van der Waals surface area contributed by atoms with E-state index in [0.717, 1.165) is 49.1 Å². The van der Waals surface area contributed by atoms with Gasteiger partial charge in [-0.2, -0.15) is 8.78 Å². The van der Waals surface area contributed by atoms with Gasteiger partial charge in [0.15, 0.2) is 0 Å². The van der Waals surface area contributed by atoms with Crippen LogP contribution in [0.5, 0.6) is 0 Å². The maximum Gasteiger partial charge on any atom is 0.353 e. The molecule has 1 saturated carbocycles. The third kappa shape index (κ3) is 8.26. The number of hydrogen-bond acceptors (Lipinski definition) is 0. The van der Waals surface area contributed by atoms with Crippen molar-refractivity contribution in [1.82, 2.24) is 0 Å². The molecule has 1 aliphatic carbocycles. The van der Waals surface area contributed by atoms with Gasteiger partial charge in [0.05, 0.1) is 0 Å². The van der Waals surface area contributed by atoms with E-state index in [1.807, 2.05) is 0 Å². The molecule has 3 rings (SSSR count). The van der Waals surface area contributed by atoms with Crippen LogP contribution in [0.3, 0.4) is 0 Å². The molecule has 0 N–H and O–H groups in total. The van der Waals surface area contributed by atoms with Crippen molar-refractivity contribution in [3.63, 3.8) is 0 Å². The zero-order valence-electron chi connectivity index (χ0n) is 20.2. The molecule has 2 aliphatic rings. The van der Waals surface area contributed by atoms with Crippen LogP contribution in [-0.2, 0) is 11.8 Å². The average Bonchev–Trinajstić information content (AvgIpc) is 2.76. The van der Waals surface area contributed by atoms with Crippen molar-refractivity contribution in [2.45, 2.75) is 114 Å². The second kappa shape index (κ2) is 12.9. The summed E-state index contributed by atoms with van der Waals surface area (Å²) in [6.07, 6.45) is 16.1. The first kappa shape index (κ1) is 27.0. The molecule has 1 saturated heterocycles. The van der Waals surface area contributed by atoms with Gasteiger partial charge in [0.2, 0.25) is 0 Å². The van der Waals surface area contributed by atoms with Gasteiger partial charge in [0.1, 0.15) is 17.2 Å². The molecule has 0 atom stereocenters. The maximum atomic E-state index is 13.9. The second-order valence-electron chi connectivity index (χ2n) is 10.7. The van der Waals surface area contributed by atoms with Crippen LogP contribution in [0.4, 0.5) is 17.6 Å². The van der Waals surface area contributed by atoms with E-state index in [0.29, 0.717) is 12.0 Å². The van der Waals surface area contributed by atoms with Gasteiger partial charge in [0.25, 0.3) is 0 Å². The smallest absolute Gasteiger partial charge is 0.206 e. The molecule has 6 heteroatoms. The predicted octanol–water partition coefficient (Wildman–Crippen LogP) is 9.60. The van der Waals surface area contributed by atoms with Crippen LogP contribution in [0, 0.1) is 29.4 Å². The Morgan fingerprint density at radius 2 is 1.48 bits per heavy atom. The number of halogens is 5. The fourth-order valence-electron chi connectivity index (χ4n) is 6.38. The predicted molar refractivity (Wildman–Crippen MR) is 133 cm³/mol. The van der Waals surface area contributed by atoms with Crippen LogP contribution < -0.4 is 0 Å². The van der Waals surface area contributed by atoms with Crippen molar-refractivity contribution in [1.29, 1.82) is 0 Å². The Hall–Kier alpha value is -0.553. The highest BCUT2D eigenvalue weighted by molar-refractivity contribution is 6.58. The molecule has 1 heterocycles. The minimum atomic E-state index is -4.03. The maximum absolute atomic E-state index is 13.9. The molecule has 0 spiro atoms. The van der Waals surface area contributed by atoms with E-state index in [1.54, 1.807) is 18.1 Å². The van der Waals surface area contributed by atoms with Gasteiger partial charge in [0, 0.05) is 8.80 Å². The van der Waals surface area contributed by atoms with Crippen LogP contribution in [0.15, 0.2) is 12.1 Å². The monoisotopic (exact) mass is 504 g/mol. The Kier molecular flexibility index (Phi) is 10.6. The van der Waals surface area contributed by atoms with Crippen molar-refractivity contribution in [3.05, 3.63) is 34.9 Å². The Labute approximate surface area is 204 Å². The van der Waals surface area contributed by atoms with Crippen molar-refractivity contribution >= 4 is 20.4 Å². The molecule has 0 radical (unpaired) electrons. The molecule has 33 heavy (non-hydrogen) atoms. The van der Waals surface area contributed by atoms with Crippen LogP contribution in [0.25, 0.3) is 0 Å². The third-order valence-corrected chi connectivity index (χ3v) is 12.1. The van der Waals surface area contributed by atoms with Crippen LogP contribution in [0.1, 0.15) is 95.1 Å². The lowest BCUT2D eigenvalue weighted by atomic mass is 9.73. The second-order valence-corrected chi connectivity index (χ2v) is 14.7. The lowest BCUT2D eigenvalue weighted by Crippen LogP contribution is -2.28. The highest BCUT2D eigenvalue weighted by Gasteiger charge is 2.35. The summed E-state index contributed by atoms with van der Waals surface area (Å²) in [5, 5.41) is -4.03. The first-order valence-corrected chi connectivity index (χ1v) is 16.2. The van der Waals surface area contributed by atoms with E-state index in [4.69, 9.17) is 11.6 Å².